The highest BCUT2D eigenvalue weighted by Gasteiger charge is 2.27. The molecule has 6 heteroatoms. The first-order valence-electron chi connectivity index (χ1n) is 8.94. The molecule has 0 unspecified atom stereocenters. The van der Waals surface area contributed by atoms with Crippen LogP contribution >= 0.6 is 0 Å². The average molecular weight is 350 g/mol. The van der Waals surface area contributed by atoms with E-state index in [9.17, 15) is 9.90 Å². The van der Waals surface area contributed by atoms with Gasteiger partial charge < -0.3 is 24.8 Å². The highest BCUT2D eigenvalue weighted by Crippen LogP contribution is 2.27. The molecule has 0 bridgehead atoms. The Hall–Kier alpha value is -1.95. The molecule has 0 saturated carbocycles. The number of benzene rings is 1. The van der Waals surface area contributed by atoms with E-state index in [2.05, 4.69) is 5.32 Å². The molecule has 140 valence electrons. The van der Waals surface area contributed by atoms with E-state index in [4.69, 9.17) is 9.47 Å². The van der Waals surface area contributed by atoms with Crippen LogP contribution in [-0.2, 0) is 11.3 Å². The molecule has 1 amide bonds. The summed E-state index contributed by atoms with van der Waals surface area (Å²) in [5.74, 6) is 0.653. The number of ether oxygens (including phenoxy) is 2. The maximum Gasteiger partial charge on any atom is 0.410 e. The van der Waals surface area contributed by atoms with Gasteiger partial charge in [0.25, 0.3) is 0 Å². The number of aromatic hydroxyl groups is 1. The molecule has 0 spiro atoms. The Labute approximate surface area is 150 Å². The summed E-state index contributed by atoms with van der Waals surface area (Å²) in [6.45, 7) is 10.1. The zero-order valence-electron chi connectivity index (χ0n) is 15.7. The number of phenols is 1. The lowest BCUT2D eigenvalue weighted by Crippen LogP contribution is -2.49. The summed E-state index contributed by atoms with van der Waals surface area (Å²) in [6.07, 6.45) is 1.73. The van der Waals surface area contributed by atoms with Gasteiger partial charge in [0.2, 0.25) is 0 Å². The van der Waals surface area contributed by atoms with Crippen molar-refractivity contribution >= 4 is 6.09 Å². The highest BCUT2D eigenvalue weighted by atomic mass is 16.6. The van der Waals surface area contributed by atoms with Gasteiger partial charge in [-0.25, -0.2) is 4.79 Å². The van der Waals surface area contributed by atoms with Crippen molar-refractivity contribution in [2.24, 2.45) is 0 Å². The van der Waals surface area contributed by atoms with Gasteiger partial charge in [-0.05, 0) is 58.2 Å². The van der Waals surface area contributed by atoms with E-state index < -0.39 is 5.60 Å². The average Bonchev–Trinajstić information content (AvgIpc) is 2.54. The van der Waals surface area contributed by atoms with E-state index in [1.807, 2.05) is 39.8 Å². The van der Waals surface area contributed by atoms with Crippen LogP contribution in [0.3, 0.4) is 0 Å². The summed E-state index contributed by atoms with van der Waals surface area (Å²) in [7, 11) is 0. The summed E-state index contributed by atoms with van der Waals surface area (Å²) in [6, 6.07) is 5.60. The fourth-order valence-corrected chi connectivity index (χ4v) is 2.84. The lowest BCUT2D eigenvalue weighted by atomic mass is 10.1. The number of rotatable bonds is 5. The van der Waals surface area contributed by atoms with Crippen molar-refractivity contribution in [3.05, 3.63) is 23.8 Å². The number of amides is 1. The molecule has 2 rings (SSSR count). The van der Waals surface area contributed by atoms with Crippen molar-refractivity contribution in [3.63, 3.8) is 0 Å². The van der Waals surface area contributed by atoms with E-state index in [-0.39, 0.29) is 17.9 Å². The molecule has 1 aliphatic heterocycles. The van der Waals surface area contributed by atoms with E-state index in [1.54, 1.807) is 11.0 Å². The molecule has 6 nitrogen and oxygen atoms in total. The van der Waals surface area contributed by atoms with Gasteiger partial charge >= 0.3 is 6.09 Å². The van der Waals surface area contributed by atoms with E-state index in [1.165, 1.54) is 0 Å². The molecule has 1 aromatic rings. The van der Waals surface area contributed by atoms with Gasteiger partial charge in [0.05, 0.1) is 6.61 Å². The number of hydrogen-bond acceptors (Lipinski definition) is 5. The molecule has 0 radical (unpaired) electrons. The number of carbonyl (C=O) groups is 1. The summed E-state index contributed by atoms with van der Waals surface area (Å²) >= 11 is 0. The molecule has 1 aromatic carbocycles. The first-order valence-corrected chi connectivity index (χ1v) is 8.94. The third-order valence-corrected chi connectivity index (χ3v) is 3.99. The molecule has 1 heterocycles. The fraction of sp³-hybridized carbons (Fsp3) is 0.632. The second-order valence-electron chi connectivity index (χ2n) is 7.38. The topological polar surface area (TPSA) is 71.0 Å². The van der Waals surface area contributed by atoms with Crippen LogP contribution in [-0.4, -0.2) is 47.4 Å². The molecule has 0 aliphatic carbocycles. The SMILES string of the molecule is CCOc1cc(CN[C@H]2CCCN(C(=O)OC(C)(C)C)C2)ccc1O. The minimum absolute atomic E-state index is 0.152. The first kappa shape index (κ1) is 19.4. The standard InChI is InChI=1S/C19H30N2O4/c1-5-24-17-11-14(8-9-16(17)22)12-20-15-7-6-10-21(13-15)18(23)25-19(2,3)4/h8-9,11,15,20,22H,5-7,10,12-13H2,1-4H3/t15-/m0/s1. The largest absolute Gasteiger partial charge is 0.504 e. The molecular formula is C19H30N2O4. The Morgan fingerprint density at radius 1 is 1.40 bits per heavy atom. The predicted octanol–water partition coefficient (Wildman–Crippen LogP) is 3.28. The lowest BCUT2D eigenvalue weighted by Gasteiger charge is -2.34. The number of nitrogens with zero attached hydrogens (tertiary/aromatic N) is 1. The molecule has 1 saturated heterocycles. The minimum Gasteiger partial charge on any atom is -0.504 e. The maximum absolute atomic E-state index is 12.2. The van der Waals surface area contributed by atoms with E-state index >= 15 is 0 Å². The Balaban J connectivity index is 1.88. The monoisotopic (exact) mass is 350 g/mol. The maximum atomic E-state index is 12.2. The number of piperidine rings is 1. The molecule has 0 aromatic heterocycles. The van der Waals surface area contributed by atoms with Crippen LogP contribution in [0.4, 0.5) is 4.79 Å². The normalized spacial score (nSPS) is 18.1. The van der Waals surface area contributed by atoms with Gasteiger partial charge in [-0.2, -0.15) is 0 Å². The molecule has 25 heavy (non-hydrogen) atoms. The van der Waals surface area contributed by atoms with Crippen LogP contribution in [0.25, 0.3) is 0 Å². The van der Waals surface area contributed by atoms with Crippen molar-refractivity contribution < 1.29 is 19.4 Å². The van der Waals surface area contributed by atoms with Gasteiger partial charge in [0, 0.05) is 25.7 Å². The third-order valence-electron chi connectivity index (χ3n) is 3.99. The van der Waals surface area contributed by atoms with Gasteiger partial charge in [-0.1, -0.05) is 6.07 Å². The summed E-state index contributed by atoms with van der Waals surface area (Å²) in [4.78, 5) is 14.0. The minimum atomic E-state index is -0.473. The number of likely N-dealkylation sites (tertiary alicyclic amines) is 1. The van der Waals surface area contributed by atoms with Crippen LogP contribution < -0.4 is 10.1 Å². The highest BCUT2D eigenvalue weighted by molar-refractivity contribution is 5.68. The lowest BCUT2D eigenvalue weighted by molar-refractivity contribution is 0.0187. The molecule has 2 N–H and O–H groups in total. The summed E-state index contributed by atoms with van der Waals surface area (Å²) < 4.78 is 10.9. The Morgan fingerprint density at radius 2 is 2.16 bits per heavy atom. The van der Waals surface area contributed by atoms with Crippen LogP contribution in [0.1, 0.15) is 46.1 Å². The number of nitrogens with one attached hydrogen (secondary N) is 1. The number of phenolic OH excluding ortho intramolecular Hbond substituents is 1. The predicted molar refractivity (Wildman–Crippen MR) is 96.9 cm³/mol. The fourth-order valence-electron chi connectivity index (χ4n) is 2.84. The number of hydrogen-bond donors (Lipinski definition) is 2. The van der Waals surface area contributed by atoms with Crippen molar-refractivity contribution in [3.8, 4) is 11.5 Å². The Morgan fingerprint density at radius 3 is 2.84 bits per heavy atom. The van der Waals surface area contributed by atoms with Crippen molar-refractivity contribution in [2.45, 2.75) is 58.7 Å². The molecular weight excluding hydrogens is 320 g/mol. The third kappa shape index (κ3) is 6.12. The first-order chi connectivity index (χ1) is 11.8. The Bertz CT molecular complexity index is 583. The van der Waals surface area contributed by atoms with Crippen LogP contribution in [0.15, 0.2) is 18.2 Å². The summed E-state index contributed by atoms with van der Waals surface area (Å²) in [5, 5.41) is 13.3. The zero-order valence-corrected chi connectivity index (χ0v) is 15.7. The van der Waals surface area contributed by atoms with Gasteiger partial charge in [-0.15, -0.1) is 0 Å². The second kappa shape index (κ2) is 8.43. The summed E-state index contributed by atoms with van der Waals surface area (Å²) in [5.41, 5.74) is 0.565. The van der Waals surface area contributed by atoms with Crippen molar-refractivity contribution in [1.29, 1.82) is 0 Å². The quantitative estimate of drug-likeness (QED) is 0.853. The Kier molecular flexibility index (Phi) is 6.53. The molecule has 1 fully saturated rings. The van der Waals surface area contributed by atoms with Gasteiger partial charge in [0.1, 0.15) is 5.60 Å². The van der Waals surface area contributed by atoms with Crippen LogP contribution in [0, 0.1) is 0 Å². The second-order valence-corrected chi connectivity index (χ2v) is 7.38. The van der Waals surface area contributed by atoms with Crippen LogP contribution in [0.2, 0.25) is 0 Å². The van der Waals surface area contributed by atoms with Gasteiger partial charge in [0.15, 0.2) is 11.5 Å². The zero-order chi connectivity index (χ0) is 18.4. The van der Waals surface area contributed by atoms with Gasteiger partial charge in [-0.3, -0.25) is 0 Å². The number of carbonyl (C=O) groups excluding carboxylic acids is 1. The molecule has 1 atom stereocenters. The molecule has 1 aliphatic rings. The van der Waals surface area contributed by atoms with E-state index in [0.29, 0.717) is 25.4 Å². The van der Waals surface area contributed by atoms with Crippen molar-refractivity contribution in [2.75, 3.05) is 19.7 Å². The smallest absolute Gasteiger partial charge is 0.410 e. The van der Waals surface area contributed by atoms with E-state index in [0.717, 1.165) is 24.9 Å². The van der Waals surface area contributed by atoms with Crippen molar-refractivity contribution in [1.82, 2.24) is 10.2 Å². The van der Waals surface area contributed by atoms with Crippen LogP contribution in [0.5, 0.6) is 11.5 Å².